The molecule has 3 nitrogen and oxygen atoms in total. The van der Waals surface area contributed by atoms with Gasteiger partial charge < -0.3 is 5.73 Å². The summed E-state index contributed by atoms with van der Waals surface area (Å²) in [7, 11) is 0. The quantitative estimate of drug-likeness (QED) is 0.850. The molecule has 1 aromatic carbocycles. The lowest BCUT2D eigenvalue weighted by Gasteiger charge is -2.22. The van der Waals surface area contributed by atoms with Crippen molar-refractivity contribution in [3.63, 3.8) is 0 Å². The van der Waals surface area contributed by atoms with Crippen molar-refractivity contribution >= 4 is 17.2 Å². The van der Waals surface area contributed by atoms with Gasteiger partial charge in [0.2, 0.25) is 0 Å². The Morgan fingerprint density at radius 1 is 1.26 bits per heavy atom. The Balaban J connectivity index is 2.05. The summed E-state index contributed by atoms with van der Waals surface area (Å²) in [5.74, 6) is 0. The van der Waals surface area contributed by atoms with Crippen LogP contribution in [0.15, 0.2) is 42.7 Å². The molecule has 0 radical (unpaired) electrons. The summed E-state index contributed by atoms with van der Waals surface area (Å²) < 4.78 is 1.95. The second kappa shape index (κ2) is 5.53. The van der Waals surface area contributed by atoms with Gasteiger partial charge in [-0.3, -0.25) is 4.68 Å². The van der Waals surface area contributed by atoms with Crippen LogP contribution >= 0.6 is 12.2 Å². The lowest BCUT2D eigenvalue weighted by Crippen LogP contribution is -2.30. The Morgan fingerprint density at radius 2 is 1.95 bits per heavy atom. The average molecular weight is 273 g/mol. The van der Waals surface area contributed by atoms with Crippen LogP contribution < -0.4 is 5.73 Å². The molecule has 0 saturated carbocycles. The molecular formula is C15H19N3S. The van der Waals surface area contributed by atoms with E-state index in [0.29, 0.717) is 4.99 Å². The lowest BCUT2D eigenvalue weighted by atomic mass is 9.89. The second-order valence-electron chi connectivity index (χ2n) is 5.36. The van der Waals surface area contributed by atoms with E-state index in [-0.39, 0.29) is 5.41 Å². The van der Waals surface area contributed by atoms with Crippen LogP contribution in [0.3, 0.4) is 0 Å². The van der Waals surface area contributed by atoms with E-state index in [1.807, 2.05) is 29.1 Å². The monoisotopic (exact) mass is 273 g/mol. The molecule has 0 aliphatic rings. The van der Waals surface area contributed by atoms with Gasteiger partial charge in [0.15, 0.2) is 0 Å². The van der Waals surface area contributed by atoms with Crippen LogP contribution in [0.5, 0.6) is 0 Å². The minimum absolute atomic E-state index is 0.131. The highest BCUT2D eigenvalue weighted by atomic mass is 32.1. The van der Waals surface area contributed by atoms with Gasteiger partial charge in [-0.05, 0) is 12.0 Å². The average Bonchev–Trinajstić information content (AvgIpc) is 2.86. The van der Waals surface area contributed by atoms with Crippen molar-refractivity contribution in [2.24, 2.45) is 11.1 Å². The fourth-order valence-corrected chi connectivity index (χ4v) is 1.88. The van der Waals surface area contributed by atoms with Crippen molar-refractivity contribution in [2.75, 3.05) is 0 Å². The summed E-state index contributed by atoms with van der Waals surface area (Å²) in [6, 6.07) is 10.2. The molecule has 0 atom stereocenters. The zero-order chi connectivity index (χ0) is 13.9. The van der Waals surface area contributed by atoms with E-state index in [4.69, 9.17) is 18.0 Å². The number of aromatic nitrogens is 2. The maximum absolute atomic E-state index is 5.73. The van der Waals surface area contributed by atoms with Crippen molar-refractivity contribution < 1.29 is 0 Å². The highest BCUT2D eigenvalue weighted by molar-refractivity contribution is 7.80. The fourth-order valence-electron chi connectivity index (χ4n) is 1.78. The maximum atomic E-state index is 5.73. The first-order valence-corrected chi connectivity index (χ1v) is 6.78. The molecule has 2 aromatic rings. The number of aryl methyl sites for hydroxylation is 1. The third-order valence-corrected chi connectivity index (χ3v) is 3.93. The number of rotatable bonds is 5. The van der Waals surface area contributed by atoms with Gasteiger partial charge in [-0.15, -0.1) is 0 Å². The molecule has 1 aromatic heterocycles. The van der Waals surface area contributed by atoms with E-state index in [9.17, 15) is 0 Å². The minimum atomic E-state index is -0.131. The van der Waals surface area contributed by atoms with Gasteiger partial charge in [-0.25, -0.2) is 0 Å². The summed E-state index contributed by atoms with van der Waals surface area (Å²) >= 11 is 5.08. The first kappa shape index (κ1) is 13.7. The molecule has 0 unspecified atom stereocenters. The zero-order valence-corrected chi connectivity index (χ0v) is 12.2. The predicted molar refractivity (Wildman–Crippen MR) is 82.8 cm³/mol. The second-order valence-corrected chi connectivity index (χ2v) is 5.80. The molecule has 0 aliphatic heterocycles. The van der Waals surface area contributed by atoms with Gasteiger partial charge in [0.05, 0.1) is 11.2 Å². The molecule has 1 heterocycles. The van der Waals surface area contributed by atoms with Crippen molar-refractivity contribution in [3.8, 4) is 11.1 Å². The first-order valence-electron chi connectivity index (χ1n) is 6.37. The molecule has 2 rings (SSSR count). The van der Waals surface area contributed by atoms with Crippen molar-refractivity contribution in [2.45, 2.75) is 26.8 Å². The van der Waals surface area contributed by atoms with E-state index in [1.54, 1.807) is 0 Å². The van der Waals surface area contributed by atoms with Gasteiger partial charge >= 0.3 is 0 Å². The van der Waals surface area contributed by atoms with Crippen LogP contribution in [0.25, 0.3) is 11.1 Å². The third kappa shape index (κ3) is 3.41. The van der Waals surface area contributed by atoms with E-state index in [0.717, 1.165) is 18.5 Å². The van der Waals surface area contributed by atoms with Gasteiger partial charge in [0.1, 0.15) is 0 Å². The fraction of sp³-hybridized carbons (Fsp3) is 0.333. The van der Waals surface area contributed by atoms with Crippen LogP contribution in [0.2, 0.25) is 0 Å². The first-order chi connectivity index (χ1) is 8.99. The lowest BCUT2D eigenvalue weighted by molar-refractivity contribution is 0.418. The molecule has 19 heavy (non-hydrogen) atoms. The van der Waals surface area contributed by atoms with E-state index < -0.39 is 0 Å². The van der Waals surface area contributed by atoms with Crippen molar-refractivity contribution in [1.29, 1.82) is 0 Å². The van der Waals surface area contributed by atoms with Crippen LogP contribution in [0.1, 0.15) is 20.3 Å². The van der Waals surface area contributed by atoms with Gasteiger partial charge in [-0.2, -0.15) is 5.10 Å². The van der Waals surface area contributed by atoms with Crippen LogP contribution in [0, 0.1) is 5.41 Å². The maximum Gasteiger partial charge on any atom is 0.0785 e. The van der Waals surface area contributed by atoms with E-state index >= 15 is 0 Å². The smallest absolute Gasteiger partial charge is 0.0785 e. The summed E-state index contributed by atoms with van der Waals surface area (Å²) in [4.78, 5) is 0.558. The number of nitrogens with zero attached hydrogens (tertiary/aromatic N) is 2. The molecule has 0 aliphatic carbocycles. The summed E-state index contributed by atoms with van der Waals surface area (Å²) in [6.45, 7) is 4.95. The Bertz CT molecular complexity index is 558. The SMILES string of the molecule is CC(C)(CCn1cc(-c2ccccc2)cn1)C(N)=S. The topological polar surface area (TPSA) is 43.8 Å². The molecule has 0 bridgehead atoms. The molecule has 0 saturated heterocycles. The van der Waals surface area contributed by atoms with E-state index in [1.165, 1.54) is 5.56 Å². The zero-order valence-electron chi connectivity index (χ0n) is 11.3. The van der Waals surface area contributed by atoms with Gasteiger partial charge in [0, 0.05) is 23.7 Å². The highest BCUT2D eigenvalue weighted by Crippen LogP contribution is 2.22. The van der Waals surface area contributed by atoms with E-state index in [2.05, 4.69) is 37.3 Å². The van der Waals surface area contributed by atoms with Crippen LogP contribution in [0.4, 0.5) is 0 Å². The highest BCUT2D eigenvalue weighted by Gasteiger charge is 2.21. The predicted octanol–water partition coefficient (Wildman–Crippen LogP) is 3.25. The van der Waals surface area contributed by atoms with Crippen LogP contribution in [-0.2, 0) is 6.54 Å². The third-order valence-electron chi connectivity index (χ3n) is 3.37. The molecular weight excluding hydrogens is 254 g/mol. The molecule has 2 N–H and O–H groups in total. The number of nitrogens with two attached hydrogens (primary N) is 1. The Labute approximate surface area is 119 Å². The Hall–Kier alpha value is -1.68. The summed E-state index contributed by atoms with van der Waals surface area (Å²) in [5, 5.41) is 4.39. The van der Waals surface area contributed by atoms with Crippen LogP contribution in [-0.4, -0.2) is 14.8 Å². The number of thiocarbonyl (C=S) groups is 1. The summed E-state index contributed by atoms with van der Waals surface area (Å²) in [5.41, 5.74) is 7.92. The largest absolute Gasteiger partial charge is 0.393 e. The van der Waals surface area contributed by atoms with Crippen molar-refractivity contribution in [1.82, 2.24) is 9.78 Å². The minimum Gasteiger partial charge on any atom is -0.393 e. The van der Waals surface area contributed by atoms with Gasteiger partial charge in [-0.1, -0.05) is 56.4 Å². The Morgan fingerprint density at radius 3 is 2.58 bits per heavy atom. The summed E-state index contributed by atoms with van der Waals surface area (Å²) in [6.07, 6.45) is 4.84. The molecule has 0 spiro atoms. The molecule has 0 amide bonds. The Kier molecular flexibility index (Phi) is 4.00. The normalized spacial score (nSPS) is 11.5. The van der Waals surface area contributed by atoms with Gasteiger partial charge in [0.25, 0.3) is 0 Å². The number of hydrogen-bond donors (Lipinski definition) is 1. The standard InChI is InChI=1S/C15H19N3S/c1-15(2,14(16)19)8-9-18-11-13(10-17-18)12-6-4-3-5-7-12/h3-7,10-11H,8-9H2,1-2H3,(H2,16,19). The molecule has 4 heteroatoms. The number of benzene rings is 1. The molecule has 0 fully saturated rings. The number of hydrogen-bond acceptors (Lipinski definition) is 2. The van der Waals surface area contributed by atoms with Crippen molar-refractivity contribution in [3.05, 3.63) is 42.7 Å². The molecule has 100 valence electrons.